The smallest absolute Gasteiger partial charge is 0.143 e. The van der Waals surface area contributed by atoms with Gasteiger partial charge in [-0.15, -0.1) is 0 Å². The van der Waals surface area contributed by atoms with Crippen LogP contribution in [0.4, 0.5) is 0 Å². The Labute approximate surface area is 79.6 Å². The highest BCUT2D eigenvalue weighted by Crippen LogP contribution is 2.13. The lowest BCUT2D eigenvalue weighted by atomic mass is 10.1. The fourth-order valence-corrected chi connectivity index (χ4v) is 1.41. The number of rotatable bonds is 4. The molecule has 1 heterocycles. The van der Waals surface area contributed by atoms with Gasteiger partial charge in [-0.05, 0) is 25.7 Å². The van der Waals surface area contributed by atoms with Crippen LogP contribution in [0.5, 0.6) is 0 Å². The van der Waals surface area contributed by atoms with E-state index in [4.69, 9.17) is 14.7 Å². The lowest BCUT2D eigenvalue weighted by Crippen LogP contribution is -2.26. The molecule has 0 aromatic rings. The van der Waals surface area contributed by atoms with E-state index in [2.05, 4.69) is 6.07 Å². The van der Waals surface area contributed by atoms with E-state index in [0.29, 0.717) is 6.61 Å². The second-order valence-electron chi connectivity index (χ2n) is 3.35. The summed E-state index contributed by atoms with van der Waals surface area (Å²) in [5, 5.41) is 8.64. The summed E-state index contributed by atoms with van der Waals surface area (Å²) in [4.78, 5) is 0. The molecule has 0 radical (unpaired) electrons. The van der Waals surface area contributed by atoms with Crippen LogP contribution in [-0.2, 0) is 9.47 Å². The largest absolute Gasteiger partial charge is 0.376 e. The van der Waals surface area contributed by atoms with Gasteiger partial charge >= 0.3 is 0 Å². The molecule has 2 unspecified atom stereocenters. The Hall–Kier alpha value is -0.590. The Bertz CT molecular complexity index is 170. The van der Waals surface area contributed by atoms with Crippen molar-refractivity contribution in [3.63, 3.8) is 0 Å². The summed E-state index contributed by atoms with van der Waals surface area (Å²) in [5.41, 5.74) is 0. The third-order valence-electron chi connectivity index (χ3n) is 2.27. The maximum Gasteiger partial charge on any atom is 0.143 e. The normalized spacial score (nSPS) is 25.1. The maximum absolute atomic E-state index is 8.64. The molecule has 3 nitrogen and oxygen atoms in total. The van der Waals surface area contributed by atoms with Crippen LogP contribution in [0, 0.1) is 11.3 Å². The second kappa shape index (κ2) is 5.95. The predicted molar refractivity (Wildman–Crippen MR) is 49.2 cm³/mol. The van der Waals surface area contributed by atoms with Crippen molar-refractivity contribution in [1.29, 1.82) is 5.26 Å². The molecule has 0 aliphatic carbocycles. The highest BCUT2D eigenvalue weighted by molar-refractivity contribution is 4.82. The average Bonchev–Trinajstić information content (AvgIpc) is 2.21. The molecule has 1 rings (SSSR count). The Morgan fingerprint density at radius 2 is 2.46 bits per heavy atom. The topological polar surface area (TPSA) is 42.2 Å². The molecule has 1 saturated heterocycles. The molecule has 0 saturated carbocycles. The SMILES string of the molecule is CCC(C#N)OCC1CCCCO1. The van der Waals surface area contributed by atoms with E-state index in [1.165, 1.54) is 6.42 Å². The van der Waals surface area contributed by atoms with Gasteiger partial charge in [-0.2, -0.15) is 5.26 Å². The molecular weight excluding hydrogens is 166 g/mol. The van der Waals surface area contributed by atoms with Crippen LogP contribution in [0.2, 0.25) is 0 Å². The Morgan fingerprint density at radius 3 is 3.00 bits per heavy atom. The van der Waals surface area contributed by atoms with Crippen molar-refractivity contribution < 1.29 is 9.47 Å². The van der Waals surface area contributed by atoms with Crippen LogP contribution in [0.3, 0.4) is 0 Å². The first-order chi connectivity index (χ1) is 6.36. The molecule has 0 spiro atoms. The van der Waals surface area contributed by atoms with Crippen molar-refractivity contribution in [2.75, 3.05) is 13.2 Å². The van der Waals surface area contributed by atoms with Crippen molar-refractivity contribution >= 4 is 0 Å². The summed E-state index contributed by atoms with van der Waals surface area (Å²) >= 11 is 0. The summed E-state index contributed by atoms with van der Waals surface area (Å²) in [6.45, 7) is 3.37. The number of hydrogen-bond acceptors (Lipinski definition) is 3. The first kappa shape index (κ1) is 10.5. The molecule has 13 heavy (non-hydrogen) atoms. The Morgan fingerprint density at radius 1 is 1.62 bits per heavy atom. The molecule has 1 aliphatic rings. The zero-order chi connectivity index (χ0) is 9.52. The van der Waals surface area contributed by atoms with Crippen LogP contribution in [0.15, 0.2) is 0 Å². The standard InChI is InChI=1S/C10H17NO2/c1-2-9(7-11)13-8-10-5-3-4-6-12-10/h9-10H,2-6,8H2,1H3. The summed E-state index contributed by atoms with van der Waals surface area (Å²) in [7, 11) is 0. The van der Waals surface area contributed by atoms with Gasteiger partial charge in [-0.25, -0.2) is 0 Å². The van der Waals surface area contributed by atoms with E-state index in [9.17, 15) is 0 Å². The first-order valence-corrected chi connectivity index (χ1v) is 4.99. The minimum Gasteiger partial charge on any atom is -0.376 e. The minimum atomic E-state index is -0.259. The molecule has 0 N–H and O–H groups in total. The lowest BCUT2D eigenvalue weighted by Gasteiger charge is -2.23. The number of hydrogen-bond donors (Lipinski definition) is 0. The van der Waals surface area contributed by atoms with E-state index in [-0.39, 0.29) is 12.2 Å². The number of nitriles is 1. The van der Waals surface area contributed by atoms with Crippen LogP contribution >= 0.6 is 0 Å². The third-order valence-corrected chi connectivity index (χ3v) is 2.27. The van der Waals surface area contributed by atoms with E-state index >= 15 is 0 Å². The molecule has 0 amide bonds. The van der Waals surface area contributed by atoms with Gasteiger partial charge < -0.3 is 9.47 Å². The Kier molecular flexibility index (Phi) is 4.81. The van der Waals surface area contributed by atoms with E-state index in [0.717, 1.165) is 25.9 Å². The van der Waals surface area contributed by atoms with Crippen LogP contribution in [0.25, 0.3) is 0 Å². The van der Waals surface area contributed by atoms with Crippen molar-refractivity contribution in [3.8, 4) is 6.07 Å². The zero-order valence-corrected chi connectivity index (χ0v) is 8.16. The van der Waals surface area contributed by atoms with Crippen LogP contribution in [-0.4, -0.2) is 25.4 Å². The van der Waals surface area contributed by atoms with Gasteiger partial charge in [0.2, 0.25) is 0 Å². The molecule has 1 fully saturated rings. The van der Waals surface area contributed by atoms with E-state index in [1.54, 1.807) is 0 Å². The quantitative estimate of drug-likeness (QED) is 0.668. The Balaban J connectivity index is 2.13. The highest BCUT2D eigenvalue weighted by Gasteiger charge is 2.15. The highest BCUT2D eigenvalue weighted by atomic mass is 16.5. The number of ether oxygens (including phenoxy) is 2. The van der Waals surface area contributed by atoms with Gasteiger partial charge in [0, 0.05) is 6.61 Å². The van der Waals surface area contributed by atoms with Gasteiger partial charge in [0.25, 0.3) is 0 Å². The monoisotopic (exact) mass is 183 g/mol. The molecule has 74 valence electrons. The summed E-state index contributed by atoms with van der Waals surface area (Å²) in [6.07, 6.45) is 4.16. The summed E-state index contributed by atoms with van der Waals surface area (Å²) < 4.78 is 10.9. The molecule has 3 heteroatoms. The lowest BCUT2D eigenvalue weighted by molar-refractivity contribution is -0.0523. The second-order valence-corrected chi connectivity index (χ2v) is 3.35. The molecule has 0 bridgehead atoms. The first-order valence-electron chi connectivity index (χ1n) is 4.99. The van der Waals surface area contributed by atoms with Gasteiger partial charge in [-0.1, -0.05) is 6.92 Å². The van der Waals surface area contributed by atoms with Crippen LogP contribution in [0.1, 0.15) is 32.6 Å². The van der Waals surface area contributed by atoms with Gasteiger partial charge in [0.1, 0.15) is 6.10 Å². The third kappa shape index (κ3) is 3.75. The molecule has 2 atom stereocenters. The molecular formula is C10H17NO2. The van der Waals surface area contributed by atoms with E-state index in [1.807, 2.05) is 6.92 Å². The fraction of sp³-hybridized carbons (Fsp3) is 0.900. The van der Waals surface area contributed by atoms with Crippen molar-refractivity contribution in [1.82, 2.24) is 0 Å². The van der Waals surface area contributed by atoms with Crippen LogP contribution < -0.4 is 0 Å². The van der Waals surface area contributed by atoms with E-state index < -0.39 is 0 Å². The summed E-state index contributed by atoms with van der Waals surface area (Å²) in [5.74, 6) is 0. The number of nitrogens with zero attached hydrogens (tertiary/aromatic N) is 1. The zero-order valence-electron chi connectivity index (χ0n) is 8.16. The van der Waals surface area contributed by atoms with Crippen molar-refractivity contribution in [2.45, 2.75) is 44.8 Å². The fourth-order valence-electron chi connectivity index (χ4n) is 1.41. The summed E-state index contributed by atoms with van der Waals surface area (Å²) in [6, 6.07) is 2.11. The maximum atomic E-state index is 8.64. The predicted octanol–water partition coefficient (Wildman–Crippen LogP) is 1.87. The molecule has 1 aliphatic heterocycles. The van der Waals surface area contributed by atoms with Gasteiger partial charge in [0.05, 0.1) is 18.8 Å². The minimum absolute atomic E-state index is 0.219. The van der Waals surface area contributed by atoms with Gasteiger partial charge in [0.15, 0.2) is 0 Å². The van der Waals surface area contributed by atoms with Crippen molar-refractivity contribution in [2.24, 2.45) is 0 Å². The van der Waals surface area contributed by atoms with Gasteiger partial charge in [-0.3, -0.25) is 0 Å². The molecule has 0 aromatic heterocycles. The molecule has 0 aromatic carbocycles. The average molecular weight is 183 g/mol. The van der Waals surface area contributed by atoms with Crippen molar-refractivity contribution in [3.05, 3.63) is 0 Å².